The van der Waals surface area contributed by atoms with Gasteiger partial charge < -0.3 is 15.7 Å². The number of nitrogens with one attached hydrogen (secondary N) is 2. The van der Waals surface area contributed by atoms with Crippen molar-refractivity contribution < 1.29 is 13.5 Å². The lowest BCUT2D eigenvalue weighted by atomic mass is 9.72. The molecule has 1 saturated carbocycles. The Kier molecular flexibility index (Phi) is 8.10. The number of aliphatic imine (C=N–C) groups is 1. The van der Waals surface area contributed by atoms with E-state index in [4.69, 9.17) is 0 Å². The first kappa shape index (κ1) is 21.7. The predicted molar refractivity (Wildman–Crippen MR) is 110 cm³/mol. The lowest BCUT2D eigenvalue weighted by Gasteiger charge is -2.37. The zero-order chi connectivity index (χ0) is 19.8. The summed E-state index contributed by atoms with van der Waals surface area (Å²) in [6, 6.07) is 6.85. The molecule has 27 heavy (non-hydrogen) atoms. The highest BCUT2D eigenvalue weighted by Gasteiger charge is 2.31. The molecule has 0 aromatic heterocycles. The Morgan fingerprint density at radius 3 is 2.37 bits per heavy atom. The monoisotopic (exact) mass is 395 g/mol. The first-order valence-electron chi connectivity index (χ1n) is 9.81. The van der Waals surface area contributed by atoms with E-state index in [0.717, 1.165) is 43.9 Å². The summed E-state index contributed by atoms with van der Waals surface area (Å²) in [6.45, 7) is 4.31. The van der Waals surface area contributed by atoms with E-state index in [1.54, 1.807) is 24.3 Å². The fourth-order valence-electron chi connectivity index (χ4n) is 3.68. The Morgan fingerprint density at radius 2 is 1.81 bits per heavy atom. The van der Waals surface area contributed by atoms with E-state index in [1.165, 1.54) is 25.5 Å². The topological polar surface area (TPSA) is 90.8 Å². The number of sulfone groups is 1. The third-order valence-electron chi connectivity index (χ3n) is 5.30. The van der Waals surface area contributed by atoms with Crippen molar-refractivity contribution in [2.75, 3.05) is 26.0 Å². The number of aliphatic hydroxyl groups excluding tert-OH is 1. The lowest BCUT2D eigenvalue weighted by Crippen LogP contribution is -2.44. The van der Waals surface area contributed by atoms with Gasteiger partial charge in [-0.3, -0.25) is 0 Å². The van der Waals surface area contributed by atoms with Crippen molar-refractivity contribution in [2.45, 2.75) is 56.9 Å². The van der Waals surface area contributed by atoms with Gasteiger partial charge in [0.15, 0.2) is 15.8 Å². The molecule has 1 aliphatic carbocycles. The molecule has 0 aliphatic heterocycles. The summed E-state index contributed by atoms with van der Waals surface area (Å²) in [5.41, 5.74) is 1.11. The van der Waals surface area contributed by atoms with Crippen LogP contribution in [0.4, 0.5) is 0 Å². The molecule has 6 nitrogen and oxygen atoms in total. The molecule has 0 radical (unpaired) electrons. The van der Waals surface area contributed by atoms with Crippen molar-refractivity contribution in [1.29, 1.82) is 0 Å². The van der Waals surface area contributed by atoms with Crippen LogP contribution in [-0.4, -0.2) is 45.4 Å². The second-order valence-corrected chi connectivity index (χ2v) is 9.51. The van der Waals surface area contributed by atoms with Crippen LogP contribution in [0.25, 0.3) is 0 Å². The first-order valence-corrected chi connectivity index (χ1v) is 11.7. The molecule has 0 amide bonds. The summed E-state index contributed by atoms with van der Waals surface area (Å²) < 4.78 is 23.1. The van der Waals surface area contributed by atoms with E-state index in [9.17, 15) is 13.5 Å². The van der Waals surface area contributed by atoms with Crippen LogP contribution < -0.4 is 10.6 Å². The van der Waals surface area contributed by atoms with Crippen molar-refractivity contribution in [3.8, 4) is 0 Å². The molecule has 0 heterocycles. The van der Waals surface area contributed by atoms with E-state index < -0.39 is 9.84 Å². The van der Waals surface area contributed by atoms with Crippen LogP contribution in [0.3, 0.4) is 0 Å². The molecule has 1 aromatic carbocycles. The van der Waals surface area contributed by atoms with Gasteiger partial charge in [0, 0.05) is 26.0 Å². The Bertz CT molecular complexity index is 703. The van der Waals surface area contributed by atoms with Crippen LogP contribution in [-0.2, 0) is 16.4 Å². The molecule has 7 heteroatoms. The van der Waals surface area contributed by atoms with Crippen LogP contribution in [0.1, 0.15) is 51.0 Å². The highest BCUT2D eigenvalue weighted by molar-refractivity contribution is 7.90. The molecule has 0 saturated heterocycles. The second-order valence-electron chi connectivity index (χ2n) is 7.50. The highest BCUT2D eigenvalue weighted by Crippen LogP contribution is 2.38. The quantitative estimate of drug-likeness (QED) is 0.465. The standard InChI is InChI=1S/C20H33N3O3S/c1-3-21-19(23-16-20(13-14-24)11-5-4-6-12-20)22-15-17-7-9-18(10-8-17)27(2,25)26/h7-10,24H,3-6,11-16H2,1-2H3,(H2,21,22,23). The molecule has 0 atom stereocenters. The number of nitrogens with zero attached hydrogens (tertiary/aromatic N) is 1. The molecule has 0 bridgehead atoms. The molecule has 1 aliphatic rings. The van der Waals surface area contributed by atoms with Gasteiger partial charge in [0.05, 0.1) is 11.4 Å². The number of guanidine groups is 1. The lowest BCUT2D eigenvalue weighted by molar-refractivity contribution is 0.131. The van der Waals surface area contributed by atoms with E-state index >= 15 is 0 Å². The number of rotatable bonds is 8. The van der Waals surface area contributed by atoms with E-state index in [2.05, 4.69) is 15.6 Å². The molecule has 0 unspecified atom stereocenters. The zero-order valence-corrected chi connectivity index (χ0v) is 17.3. The van der Waals surface area contributed by atoms with Gasteiger partial charge in [-0.15, -0.1) is 0 Å². The van der Waals surface area contributed by atoms with Gasteiger partial charge in [-0.2, -0.15) is 0 Å². The molecule has 3 N–H and O–H groups in total. The van der Waals surface area contributed by atoms with Crippen LogP contribution >= 0.6 is 0 Å². The van der Waals surface area contributed by atoms with Crippen LogP contribution in [0.2, 0.25) is 0 Å². The molecular weight excluding hydrogens is 362 g/mol. The Balaban J connectivity index is 2.00. The molecule has 1 fully saturated rings. The van der Waals surface area contributed by atoms with E-state index in [1.807, 2.05) is 6.92 Å². The van der Waals surface area contributed by atoms with Gasteiger partial charge in [-0.1, -0.05) is 31.4 Å². The van der Waals surface area contributed by atoms with Gasteiger partial charge in [0.2, 0.25) is 0 Å². The average molecular weight is 396 g/mol. The second kappa shape index (κ2) is 10.1. The SMILES string of the molecule is CCNC(=NCc1ccc(S(C)(=O)=O)cc1)NCC1(CCO)CCCCC1. The Hall–Kier alpha value is -1.60. The predicted octanol–water partition coefficient (Wildman–Crippen LogP) is 2.48. The van der Waals surface area contributed by atoms with Crippen molar-refractivity contribution >= 4 is 15.8 Å². The van der Waals surface area contributed by atoms with Gasteiger partial charge in [-0.05, 0) is 49.3 Å². The molecule has 0 spiro atoms. The maximum atomic E-state index is 11.5. The largest absolute Gasteiger partial charge is 0.396 e. The minimum absolute atomic E-state index is 0.153. The first-order chi connectivity index (χ1) is 12.9. The summed E-state index contributed by atoms with van der Waals surface area (Å²) in [5, 5.41) is 16.2. The van der Waals surface area contributed by atoms with Gasteiger partial charge in [0.25, 0.3) is 0 Å². The number of benzene rings is 1. The maximum Gasteiger partial charge on any atom is 0.191 e. The van der Waals surface area contributed by atoms with Crippen LogP contribution in [0.15, 0.2) is 34.2 Å². The molecule has 1 aromatic rings. The summed E-state index contributed by atoms with van der Waals surface area (Å²) >= 11 is 0. The van der Waals surface area contributed by atoms with Crippen molar-refractivity contribution in [3.05, 3.63) is 29.8 Å². The summed E-state index contributed by atoms with van der Waals surface area (Å²) in [4.78, 5) is 4.96. The third kappa shape index (κ3) is 6.81. The molecule has 2 rings (SSSR count). The average Bonchev–Trinajstić information content (AvgIpc) is 2.65. The summed E-state index contributed by atoms with van der Waals surface area (Å²) in [5.74, 6) is 0.757. The highest BCUT2D eigenvalue weighted by atomic mass is 32.2. The summed E-state index contributed by atoms with van der Waals surface area (Å²) in [6.07, 6.45) is 8.06. The van der Waals surface area contributed by atoms with Gasteiger partial charge in [-0.25, -0.2) is 13.4 Å². The normalized spacial score (nSPS) is 17.5. The van der Waals surface area contributed by atoms with Crippen LogP contribution in [0.5, 0.6) is 0 Å². The molecular formula is C20H33N3O3S. The minimum Gasteiger partial charge on any atom is -0.396 e. The fraction of sp³-hybridized carbons (Fsp3) is 0.650. The van der Waals surface area contributed by atoms with E-state index in [0.29, 0.717) is 11.4 Å². The maximum absolute atomic E-state index is 11.5. The zero-order valence-electron chi connectivity index (χ0n) is 16.5. The number of hydrogen-bond acceptors (Lipinski definition) is 4. The number of hydrogen-bond donors (Lipinski definition) is 3. The smallest absolute Gasteiger partial charge is 0.191 e. The minimum atomic E-state index is -3.17. The van der Waals surface area contributed by atoms with E-state index in [-0.39, 0.29) is 12.0 Å². The Morgan fingerprint density at radius 1 is 1.15 bits per heavy atom. The van der Waals surface area contributed by atoms with Crippen molar-refractivity contribution in [3.63, 3.8) is 0 Å². The van der Waals surface area contributed by atoms with Crippen molar-refractivity contribution in [2.24, 2.45) is 10.4 Å². The van der Waals surface area contributed by atoms with Crippen LogP contribution in [0, 0.1) is 5.41 Å². The number of aliphatic hydroxyl groups is 1. The third-order valence-corrected chi connectivity index (χ3v) is 6.43. The Labute approximate surface area is 163 Å². The fourth-order valence-corrected chi connectivity index (χ4v) is 4.31. The van der Waals surface area contributed by atoms with Gasteiger partial charge >= 0.3 is 0 Å². The summed E-state index contributed by atoms with van der Waals surface area (Å²) in [7, 11) is -3.17. The van der Waals surface area contributed by atoms with Crippen molar-refractivity contribution in [1.82, 2.24) is 10.6 Å². The molecule has 152 valence electrons. The van der Waals surface area contributed by atoms with Gasteiger partial charge in [0.1, 0.15) is 0 Å².